The molecule has 0 unspecified atom stereocenters. The number of aryl methyl sites for hydroxylation is 2. The topological polar surface area (TPSA) is 34.9 Å². The maximum Gasteiger partial charge on any atom is 0.263 e. The van der Waals surface area contributed by atoms with E-state index in [0.717, 1.165) is 44.4 Å². The monoisotopic (exact) mass is 428 g/mol. The lowest BCUT2D eigenvalue weighted by Gasteiger charge is -2.16. The lowest BCUT2D eigenvalue weighted by molar-refractivity contribution is 0.652. The van der Waals surface area contributed by atoms with E-state index in [2.05, 4.69) is 30.8 Å². The van der Waals surface area contributed by atoms with Crippen molar-refractivity contribution in [3.63, 3.8) is 0 Å². The predicted molar refractivity (Wildman–Crippen MR) is 122 cm³/mol. The molecule has 0 bridgehead atoms. The highest BCUT2D eigenvalue weighted by atomic mass is 35.5. The number of halogens is 1. The molecule has 1 aromatic carbocycles. The summed E-state index contributed by atoms with van der Waals surface area (Å²) in [6, 6.07) is 8.47. The van der Waals surface area contributed by atoms with E-state index in [1.165, 1.54) is 27.8 Å². The van der Waals surface area contributed by atoms with Crippen molar-refractivity contribution < 1.29 is 0 Å². The van der Waals surface area contributed by atoms with Gasteiger partial charge in [0.2, 0.25) is 0 Å². The molecule has 0 amide bonds. The average Bonchev–Trinajstić information content (AvgIpc) is 3.03. The molecule has 2 heterocycles. The number of aromatic nitrogens is 2. The number of benzene rings is 1. The number of allylic oxidation sites excluding steroid dienone is 2. The minimum Gasteiger partial charge on any atom is -0.283 e. The van der Waals surface area contributed by atoms with Crippen LogP contribution >= 0.6 is 34.7 Å². The maximum absolute atomic E-state index is 13.5. The third kappa shape index (κ3) is 3.59. The van der Waals surface area contributed by atoms with Gasteiger partial charge in [-0.15, -0.1) is 11.3 Å². The van der Waals surface area contributed by atoms with Crippen molar-refractivity contribution in [3.05, 3.63) is 69.0 Å². The summed E-state index contributed by atoms with van der Waals surface area (Å²) in [6.07, 6.45) is 3.78. The normalized spacial score (nSPS) is 13.5. The molecule has 0 spiro atoms. The van der Waals surface area contributed by atoms with Gasteiger partial charge in [-0.3, -0.25) is 9.36 Å². The first kappa shape index (κ1) is 19.5. The SMILES string of the molecule is C=C(C)Cn1c(SCC=C(C)Cl)nc2sc3c(c2c1=O)CCc1ccccc1-3. The number of thiophene rings is 1. The molecule has 0 saturated heterocycles. The first-order chi connectivity index (χ1) is 13.5. The summed E-state index contributed by atoms with van der Waals surface area (Å²) in [5, 5.41) is 2.25. The second-order valence-corrected chi connectivity index (χ2v) is 9.67. The van der Waals surface area contributed by atoms with Gasteiger partial charge in [0, 0.05) is 22.2 Å². The molecule has 0 radical (unpaired) electrons. The van der Waals surface area contributed by atoms with Gasteiger partial charge >= 0.3 is 0 Å². The van der Waals surface area contributed by atoms with Crippen LogP contribution in [0.25, 0.3) is 20.7 Å². The van der Waals surface area contributed by atoms with E-state index in [4.69, 9.17) is 16.6 Å². The fraction of sp³-hybridized carbons (Fsp3) is 0.273. The average molecular weight is 429 g/mol. The summed E-state index contributed by atoms with van der Waals surface area (Å²) in [4.78, 5) is 20.4. The molecule has 2 aromatic heterocycles. The molecule has 4 rings (SSSR count). The van der Waals surface area contributed by atoms with Crippen molar-refractivity contribution in [1.29, 1.82) is 0 Å². The second-order valence-electron chi connectivity index (χ2n) is 7.09. The molecule has 1 aliphatic rings. The van der Waals surface area contributed by atoms with E-state index in [9.17, 15) is 4.79 Å². The van der Waals surface area contributed by atoms with Crippen molar-refractivity contribution in [3.8, 4) is 10.4 Å². The molecule has 0 saturated carbocycles. The molecule has 0 N–H and O–H groups in total. The second kappa shape index (κ2) is 7.90. The predicted octanol–water partition coefficient (Wildman–Crippen LogP) is 6.03. The Balaban J connectivity index is 1.91. The van der Waals surface area contributed by atoms with Crippen molar-refractivity contribution in [2.45, 2.75) is 38.4 Å². The standard InChI is InChI=1S/C22H21ClN2OS2/c1-13(2)12-25-21(26)18-17-9-8-15-6-4-5-7-16(15)19(17)28-20(18)24-22(25)27-11-10-14(3)23/h4-7,10H,1,8-9,11-12H2,2-3H3. The largest absolute Gasteiger partial charge is 0.283 e. The minimum absolute atomic E-state index is 0.0407. The molecule has 3 nitrogen and oxygen atoms in total. The van der Waals surface area contributed by atoms with Crippen LogP contribution in [0.2, 0.25) is 0 Å². The lowest BCUT2D eigenvalue weighted by Crippen LogP contribution is -2.24. The molecule has 0 fully saturated rings. The number of hydrogen-bond donors (Lipinski definition) is 0. The number of fused-ring (bicyclic) bond motifs is 5. The van der Waals surface area contributed by atoms with Crippen LogP contribution in [0, 0.1) is 0 Å². The van der Waals surface area contributed by atoms with Crippen LogP contribution in [0.15, 0.2) is 57.5 Å². The first-order valence-electron chi connectivity index (χ1n) is 9.19. The van der Waals surface area contributed by atoms with E-state index in [-0.39, 0.29) is 5.56 Å². The van der Waals surface area contributed by atoms with Crippen LogP contribution in [0.5, 0.6) is 0 Å². The molecule has 28 heavy (non-hydrogen) atoms. The zero-order valence-electron chi connectivity index (χ0n) is 15.9. The summed E-state index contributed by atoms with van der Waals surface area (Å²) in [5.74, 6) is 0.678. The summed E-state index contributed by atoms with van der Waals surface area (Å²) < 4.78 is 1.76. The van der Waals surface area contributed by atoms with Gasteiger partial charge in [-0.1, -0.05) is 65.9 Å². The van der Waals surface area contributed by atoms with Gasteiger partial charge in [0.1, 0.15) is 4.83 Å². The molecular formula is C22H21ClN2OS2. The highest BCUT2D eigenvalue weighted by molar-refractivity contribution is 7.99. The van der Waals surface area contributed by atoms with Gasteiger partial charge in [-0.2, -0.15) is 0 Å². The number of nitrogens with zero attached hydrogens (tertiary/aromatic N) is 2. The van der Waals surface area contributed by atoms with Gasteiger partial charge in [-0.25, -0.2) is 4.98 Å². The number of rotatable bonds is 5. The first-order valence-corrected chi connectivity index (χ1v) is 11.4. The molecule has 3 aromatic rings. The molecule has 0 atom stereocenters. The van der Waals surface area contributed by atoms with E-state index in [0.29, 0.717) is 12.3 Å². The summed E-state index contributed by atoms with van der Waals surface area (Å²) in [7, 11) is 0. The Bertz CT molecular complexity index is 1170. The van der Waals surface area contributed by atoms with Gasteiger partial charge in [0.15, 0.2) is 5.16 Å². The molecule has 0 aliphatic heterocycles. The Morgan fingerprint density at radius 1 is 1.36 bits per heavy atom. The Kier molecular flexibility index (Phi) is 5.50. The Labute approximate surface area is 177 Å². The summed E-state index contributed by atoms with van der Waals surface area (Å²) >= 11 is 9.13. The van der Waals surface area contributed by atoms with E-state index < -0.39 is 0 Å². The Morgan fingerprint density at radius 3 is 2.89 bits per heavy atom. The molecule has 6 heteroatoms. The molecular weight excluding hydrogens is 408 g/mol. The Morgan fingerprint density at radius 2 is 2.14 bits per heavy atom. The van der Waals surface area contributed by atoms with Crippen molar-refractivity contribution in [1.82, 2.24) is 9.55 Å². The summed E-state index contributed by atoms with van der Waals surface area (Å²) in [5.41, 5.74) is 4.72. The van der Waals surface area contributed by atoms with Gasteiger partial charge in [0.25, 0.3) is 5.56 Å². The third-order valence-corrected chi connectivity index (χ3v) is 7.00. The maximum atomic E-state index is 13.5. The van der Waals surface area contributed by atoms with Crippen LogP contribution in [-0.2, 0) is 19.4 Å². The van der Waals surface area contributed by atoms with Crippen molar-refractivity contribution in [2.75, 3.05) is 5.75 Å². The number of hydrogen-bond acceptors (Lipinski definition) is 4. The van der Waals surface area contributed by atoms with Crippen LogP contribution in [-0.4, -0.2) is 15.3 Å². The van der Waals surface area contributed by atoms with E-state index in [1.807, 2.05) is 19.9 Å². The fourth-order valence-corrected chi connectivity index (χ4v) is 5.99. The Hall–Kier alpha value is -1.82. The summed E-state index contributed by atoms with van der Waals surface area (Å²) in [6.45, 7) is 8.27. The quantitative estimate of drug-likeness (QED) is 0.282. The molecule has 144 valence electrons. The van der Waals surface area contributed by atoms with Gasteiger partial charge in [-0.05, 0) is 43.4 Å². The number of thioether (sulfide) groups is 1. The van der Waals surface area contributed by atoms with Crippen LogP contribution in [0.4, 0.5) is 0 Å². The van der Waals surface area contributed by atoms with Crippen LogP contribution < -0.4 is 5.56 Å². The van der Waals surface area contributed by atoms with Crippen LogP contribution in [0.1, 0.15) is 25.0 Å². The van der Waals surface area contributed by atoms with Crippen molar-refractivity contribution in [2.24, 2.45) is 0 Å². The van der Waals surface area contributed by atoms with Gasteiger partial charge < -0.3 is 0 Å². The zero-order chi connectivity index (χ0) is 19.8. The third-order valence-electron chi connectivity index (χ3n) is 4.79. The lowest BCUT2D eigenvalue weighted by atomic mass is 9.90. The smallest absolute Gasteiger partial charge is 0.263 e. The highest BCUT2D eigenvalue weighted by Gasteiger charge is 2.25. The van der Waals surface area contributed by atoms with Crippen molar-refractivity contribution >= 4 is 44.9 Å². The molecule has 1 aliphatic carbocycles. The fourth-order valence-electron chi connectivity index (χ4n) is 3.55. The highest BCUT2D eigenvalue weighted by Crippen LogP contribution is 2.42. The van der Waals surface area contributed by atoms with Gasteiger partial charge in [0.05, 0.1) is 5.39 Å². The van der Waals surface area contributed by atoms with Crippen LogP contribution in [0.3, 0.4) is 0 Å². The minimum atomic E-state index is 0.0407. The zero-order valence-corrected chi connectivity index (χ0v) is 18.3. The van der Waals surface area contributed by atoms with E-state index in [1.54, 1.807) is 15.9 Å². The van der Waals surface area contributed by atoms with E-state index >= 15 is 0 Å².